The number of rotatable bonds is 6. The third-order valence-electron chi connectivity index (χ3n) is 2.84. The number of ether oxygens (including phenoxy) is 1. The van der Waals surface area contributed by atoms with E-state index in [0.29, 0.717) is 13.0 Å². The molecule has 0 aliphatic rings. The highest BCUT2D eigenvalue weighted by Gasteiger charge is 2.26. The Bertz CT molecular complexity index is 350. The lowest BCUT2D eigenvalue weighted by Gasteiger charge is -2.29. The van der Waals surface area contributed by atoms with E-state index in [9.17, 15) is 4.79 Å². The summed E-state index contributed by atoms with van der Waals surface area (Å²) in [5.74, 6) is -0.153. The minimum atomic E-state index is -0.256. The van der Waals surface area contributed by atoms with Gasteiger partial charge < -0.3 is 10.1 Å². The van der Waals surface area contributed by atoms with Gasteiger partial charge in [0.15, 0.2) is 0 Å². The zero-order valence-electron chi connectivity index (χ0n) is 10.8. The van der Waals surface area contributed by atoms with Crippen molar-refractivity contribution in [2.24, 2.45) is 0 Å². The van der Waals surface area contributed by atoms with Crippen molar-refractivity contribution >= 4 is 11.7 Å². The first-order valence-electron chi connectivity index (χ1n) is 6.08. The van der Waals surface area contributed by atoms with Gasteiger partial charge in [0.2, 0.25) is 0 Å². The SMILES string of the molecule is CCOC(=O)C[C@](C)(CC)Nc1ccccc1. The van der Waals surface area contributed by atoms with Crippen LogP contribution in [0.15, 0.2) is 30.3 Å². The van der Waals surface area contributed by atoms with Crippen LogP contribution in [0.25, 0.3) is 0 Å². The molecule has 94 valence electrons. The molecule has 0 heterocycles. The number of esters is 1. The van der Waals surface area contributed by atoms with Gasteiger partial charge in [-0.2, -0.15) is 0 Å². The van der Waals surface area contributed by atoms with E-state index < -0.39 is 0 Å². The monoisotopic (exact) mass is 235 g/mol. The summed E-state index contributed by atoms with van der Waals surface area (Å²) in [5, 5.41) is 3.39. The molecule has 1 aromatic rings. The van der Waals surface area contributed by atoms with Gasteiger partial charge in [0, 0.05) is 11.2 Å². The number of benzene rings is 1. The van der Waals surface area contributed by atoms with Crippen LogP contribution in [0.4, 0.5) is 5.69 Å². The van der Waals surface area contributed by atoms with Crippen LogP contribution < -0.4 is 5.32 Å². The predicted molar refractivity (Wildman–Crippen MR) is 70.0 cm³/mol. The highest BCUT2D eigenvalue weighted by atomic mass is 16.5. The standard InChI is InChI=1S/C14H21NO2/c1-4-14(3,11-13(16)17-5-2)15-12-9-7-6-8-10-12/h6-10,15H,4-5,11H2,1-3H3/t14-/m0/s1. The summed E-state index contributed by atoms with van der Waals surface area (Å²) in [4.78, 5) is 11.5. The molecular formula is C14H21NO2. The molecule has 1 aromatic carbocycles. The second kappa shape index (κ2) is 6.28. The van der Waals surface area contributed by atoms with E-state index in [-0.39, 0.29) is 11.5 Å². The molecule has 1 N–H and O–H groups in total. The van der Waals surface area contributed by atoms with Gasteiger partial charge >= 0.3 is 5.97 Å². The van der Waals surface area contributed by atoms with Crippen molar-refractivity contribution in [2.75, 3.05) is 11.9 Å². The fraction of sp³-hybridized carbons (Fsp3) is 0.500. The molecule has 0 radical (unpaired) electrons. The number of hydrogen-bond donors (Lipinski definition) is 1. The van der Waals surface area contributed by atoms with Gasteiger partial charge in [0.25, 0.3) is 0 Å². The van der Waals surface area contributed by atoms with Crippen LogP contribution in [-0.4, -0.2) is 18.1 Å². The fourth-order valence-corrected chi connectivity index (χ4v) is 1.66. The van der Waals surface area contributed by atoms with Crippen LogP contribution in [-0.2, 0) is 9.53 Å². The average Bonchev–Trinajstić information content (AvgIpc) is 2.30. The number of para-hydroxylation sites is 1. The molecule has 1 atom stereocenters. The lowest BCUT2D eigenvalue weighted by atomic mass is 9.94. The van der Waals surface area contributed by atoms with E-state index in [2.05, 4.69) is 12.2 Å². The Balaban J connectivity index is 2.65. The molecule has 0 bridgehead atoms. The summed E-state index contributed by atoms with van der Waals surface area (Å²) in [5.41, 5.74) is 0.772. The molecule has 17 heavy (non-hydrogen) atoms. The van der Waals surface area contributed by atoms with E-state index >= 15 is 0 Å². The number of nitrogens with one attached hydrogen (secondary N) is 1. The molecule has 0 aromatic heterocycles. The molecule has 0 fully saturated rings. The quantitative estimate of drug-likeness (QED) is 0.769. The van der Waals surface area contributed by atoms with E-state index in [1.807, 2.05) is 44.2 Å². The van der Waals surface area contributed by atoms with E-state index in [4.69, 9.17) is 4.74 Å². The van der Waals surface area contributed by atoms with Crippen molar-refractivity contribution in [1.82, 2.24) is 0 Å². The van der Waals surface area contributed by atoms with Gasteiger partial charge in [0.1, 0.15) is 0 Å². The topological polar surface area (TPSA) is 38.3 Å². The van der Waals surface area contributed by atoms with Gasteiger partial charge in [-0.25, -0.2) is 0 Å². The molecule has 1 rings (SSSR count). The lowest BCUT2D eigenvalue weighted by molar-refractivity contribution is -0.144. The van der Waals surface area contributed by atoms with Crippen LogP contribution in [0, 0.1) is 0 Å². The maximum atomic E-state index is 11.5. The first-order chi connectivity index (χ1) is 8.09. The van der Waals surface area contributed by atoms with Gasteiger partial charge in [-0.15, -0.1) is 0 Å². The van der Waals surface area contributed by atoms with Crippen molar-refractivity contribution in [2.45, 2.75) is 39.2 Å². The largest absolute Gasteiger partial charge is 0.466 e. The van der Waals surface area contributed by atoms with Crippen molar-refractivity contribution in [3.63, 3.8) is 0 Å². The molecule has 3 heteroatoms. The number of carbonyl (C=O) groups is 1. The zero-order valence-corrected chi connectivity index (χ0v) is 10.8. The first kappa shape index (κ1) is 13.6. The Morgan fingerprint density at radius 1 is 1.29 bits per heavy atom. The summed E-state index contributed by atoms with van der Waals surface area (Å²) in [6.45, 7) is 6.36. The minimum Gasteiger partial charge on any atom is -0.466 e. The normalized spacial score (nSPS) is 13.8. The van der Waals surface area contributed by atoms with Gasteiger partial charge in [0.05, 0.1) is 13.0 Å². The molecule has 0 unspecified atom stereocenters. The molecular weight excluding hydrogens is 214 g/mol. The van der Waals surface area contributed by atoms with E-state index in [0.717, 1.165) is 12.1 Å². The molecule has 0 amide bonds. The zero-order chi connectivity index (χ0) is 12.7. The van der Waals surface area contributed by atoms with Crippen LogP contribution in [0.3, 0.4) is 0 Å². The second-order valence-electron chi connectivity index (χ2n) is 4.39. The summed E-state index contributed by atoms with van der Waals surface area (Å²) < 4.78 is 5.00. The predicted octanol–water partition coefficient (Wildman–Crippen LogP) is 3.22. The third kappa shape index (κ3) is 4.47. The van der Waals surface area contributed by atoms with Crippen molar-refractivity contribution in [3.05, 3.63) is 30.3 Å². The average molecular weight is 235 g/mol. The summed E-state index contributed by atoms with van der Waals surface area (Å²) >= 11 is 0. The van der Waals surface area contributed by atoms with E-state index in [1.54, 1.807) is 0 Å². The summed E-state index contributed by atoms with van der Waals surface area (Å²) in [6.07, 6.45) is 1.24. The molecule has 0 saturated heterocycles. The number of anilines is 1. The third-order valence-corrected chi connectivity index (χ3v) is 2.84. The molecule has 0 saturated carbocycles. The Labute approximate surface area is 103 Å². The van der Waals surface area contributed by atoms with Crippen LogP contribution in [0.5, 0.6) is 0 Å². The van der Waals surface area contributed by atoms with Gasteiger partial charge in [-0.1, -0.05) is 25.1 Å². The number of carbonyl (C=O) groups excluding carboxylic acids is 1. The first-order valence-corrected chi connectivity index (χ1v) is 6.08. The number of hydrogen-bond acceptors (Lipinski definition) is 3. The van der Waals surface area contributed by atoms with Crippen LogP contribution >= 0.6 is 0 Å². The molecule has 3 nitrogen and oxygen atoms in total. The maximum Gasteiger partial charge on any atom is 0.308 e. The van der Waals surface area contributed by atoms with Crippen LogP contribution in [0.1, 0.15) is 33.6 Å². The Morgan fingerprint density at radius 3 is 2.47 bits per heavy atom. The van der Waals surface area contributed by atoms with Crippen molar-refractivity contribution in [3.8, 4) is 0 Å². The van der Waals surface area contributed by atoms with Gasteiger partial charge in [-0.05, 0) is 32.4 Å². The highest BCUT2D eigenvalue weighted by molar-refractivity contribution is 5.71. The summed E-state index contributed by atoms with van der Waals surface area (Å²) in [6, 6.07) is 9.92. The Hall–Kier alpha value is -1.51. The van der Waals surface area contributed by atoms with Crippen LogP contribution in [0.2, 0.25) is 0 Å². The smallest absolute Gasteiger partial charge is 0.308 e. The summed E-state index contributed by atoms with van der Waals surface area (Å²) in [7, 11) is 0. The lowest BCUT2D eigenvalue weighted by Crippen LogP contribution is -2.37. The Kier molecular flexibility index (Phi) is 5.01. The van der Waals surface area contributed by atoms with Crippen molar-refractivity contribution in [1.29, 1.82) is 0 Å². The van der Waals surface area contributed by atoms with E-state index in [1.165, 1.54) is 0 Å². The Morgan fingerprint density at radius 2 is 1.94 bits per heavy atom. The maximum absolute atomic E-state index is 11.5. The molecule has 0 spiro atoms. The van der Waals surface area contributed by atoms with Gasteiger partial charge in [-0.3, -0.25) is 4.79 Å². The second-order valence-corrected chi connectivity index (χ2v) is 4.39. The van der Waals surface area contributed by atoms with Crippen molar-refractivity contribution < 1.29 is 9.53 Å². The highest BCUT2D eigenvalue weighted by Crippen LogP contribution is 2.22. The molecule has 0 aliphatic heterocycles. The minimum absolute atomic E-state index is 0.153. The fourth-order valence-electron chi connectivity index (χ4n) is 1.66. The molecule has 0 aliphatic carbocycles.